The minimum Gasteiger partial charge on any atom is -0.379 e. The van der Waals surface area contributed by atoms with E-state index in [1.807, 2.05) is 0 Å². The van der Waals surface area contributed by atoms with Crippen molar-refractivity contribution in [1.82, 2.24) is 9.88 Å². The molecular formula is C21H24N2O. The highest BCUT2D eigenvalue weighted by atomic mass is 16.5. The molecule has 2 heterocycles. The predicted molar refractivity (Wildman–Crippen MR) is 99.3 cm³/mol. The van der Waals surface area contributed by atoms with Crippen molar-refractivity contribution in [2.75, 3.05) is 32.8 Å². The molecule has 3 nitrogen and oxygen atoms in total. The number of rotatable bonds is 5. The highest BCUT2D eigenvalue weighted by molar-refractivity contribution is 5.90. The molecule has 1 fully saturated rings. The van der Waals surface area contributed by atoms with E-state index < -0.39 is 0 Å². The number of benzene rings is 2. The molecule has 1 aliphatic rings. The number of morpholine rings is 1. The smallest absolute Gasteiger partial charge is 0.0594 e. The molecular weight excluding hydrogens is 296 g/mol. The Balaban J connectivity index is 1.58. The number of fused-ring (bicyclic) bond motifs is 1. The Kier molecular flexibility index (Phi) is 4.63. The van der Waals surface area contributed by atoms with E-state index >= 15 is 0 Å². The summed E-state index contributed by atoms with van der Waals surface area (Å²) in [5, 5.41) is 1.36. The van der Waals surface area contributed by atoms with Gasteiger partial charge in [-0.15, -0.1) is 0 Å². The summed E-state index contributed by atoms with van der Waals surface area (Å²) in [4.78, 5) is 6.15. The Labute approximate surface area is 143 Å². The van der Waals surface area contributed by atoms with Crippen molar-refractivity contribution >= 4 is 10.9 Å². The topological polar surface area (TPSA) is 28.3 Å². The molecule has 0 bridgehead atoms. The van der Waals surface area contributed by atoms with Gasteiger partial charge >= 0.3 is 0 Å². The third-order valence-corrected chi connectivity index (χ3v) is 4.88. The second-order valence-electron chi connectivity index (χ2n) is 6.45. The summed E-state index contributed by atoms with van der Waals surface area (Å²) in [6.07, 6.45) is 2.28. The summed E-state index contributed by atoms with van der Waals surface area (Å²) in [6, 6.07) is 19.3. The van der Waals surface area contributed by atoms with Gasteiger partial charge < -0.3 is 9.72 Å². The maximum Gasteiger partial charge on any atom is 0.0594 e. The average molecular weight is 320 g/mol. The lowest BCUT2D eigenvalue weighted by atomic mass is 10.0. The molecule has 3 heteroatoms. The summed E-state index contributed by atoms with van der Waals surface area (Å²) < 4.78 is 5.44. The van der Waals surface area contributed by atoms with Gasteiger partial charge in [0.15, 0.2) is 0 Å². The number of aromatic amines is 1. The van der Waals surface area contributed by atoms with Gasteiger partial charge in [-0.25, -0.2) is 0 Å². The Morgan fingerprint density at radius 2 is 1.67 bits per heavy atom. The van der Waals surface area contributed by atoms with Gasteiger partial charge in [-0.3, -0.25) is 4.90 Å². The highest BCUT2D eigenvalue weighted by Gasteiger charge is 2.14. The summed E-state index contributed by atoms with van der Waals surface area (Å²) in [5.74, 6) is 0. The number of aryl methyl sites for hydroxylation is 1. The van der Waals surface area contributed by atoms with Gasteiger partial charge in [0, 0.05) is 29.7 Å². The Morgan fingerprint density at radius 1 is 0.917 bits per heavy atom. The Bertz CT molecular complexity index is 788. The van der Waals surface area contributed by atoms with Crippen molar-refractivity contribution in [2.45, 2.75) is 12.8 Å². The molecule has 0 aliphatic carbocycles. The van der Waals surface area contributed by atoms with Crippen LogP contribution in [0, 0.1) is 0 Å². The maximum absolute atomic E-state index is 5.44. The van der Waals surface area contributed by atoms with Crippen LogP contribution < -0.4 is 0 Å². The third kappa shape index (κ3) is 3.23. The van der Waals surface area contributed by atoms with Crippen LogP contribution in [-0.2, 0) is 11.2 Å². The fraction of sp³-hybridized carbons (Fsp3) is 0.333. The van der Waals surface area contributed by atoms with Gasteiger partial charge in [0.25, 0.3) is 0 Å². The Morgan fingerprint density at radius 3 is 2.50 bits per heavy atom. The van der Waals surface area contributed by atoms with Crippen LogP contribution in [-0.4, -0.2) is 42.7 Å². The van der Waals surface area contributed by atoms with Crippen LogP contribution >= 0.6 is 0 Å². The zero-order valence-electron chi connectivity index (χ0n) is 14.0. The van der Waals surface area contributed by atoms with E-state index in [1.165, 1.54) is 34.1 Å². The van der Waals surface area contributed by atoms with E-state index in [9.17, 15) is 0 Å². The minimum absolute atomic E-state index is 0.877. The molecule has 1 aliphatic heterocycles. The fourth-order valence-corrected chi connectivity index (χ4v) is 3.62. The molecule has 0 amide bonds. The van der Waals surface area contributed by atoms with Crippen LogP contribution in [0.1, 0.15) is 12.0 Å². The molecule has 24 heavy (non-hydrogen) atoms. The predicted octanol–water partition coefficient (Wildman–Crippen LogP) is 4.10. The number of aromatic nitrogens is 1. The zero-order valence-corrected chi connectivity index (χ0v) is 14.0. The van der Waals surface area contributed by atoms with Crippen molar-refractivity contribution in [3.63, 3.8) is 0 Å². The number of nitrogens with zero attached hydrogens (tertiary/aromatic N) is 1. The van der Waals surface area contributed by atoms with Gasteiger partial charge in [0.05, 0.1) is 13.2 Å². The van der Waals surface area contributed by atoms with Gasteiger partial charge in [0.1, 0.15) is 0 Å². The number of hydrogen-bond acceptors (Lipinski definition) is 2. The number of nitrogens with one attached hydrogen (secondary N) is 1. The molecule has 0 spiro atoms. The molecule has 1 N–H and O–H groups in total. The average Bonchev–Trinajstić information content (AvgIpc) is 3.02. The molecule has 124 valence electrons. The normalized spacial score (nSPS) is 15.8. The quantitative estimate of drug-likeness (QED) is 0.766. The summed E-state index contributed by atoms with van der Waals surface area (Å²) in [7, 11) is 0. The van der Waals surface area contributed by atoms with Crippen LogP contribution in [0.2, 0.25) is 0 Å². The lowest BCUT2D eigenvalue weighted by Crippen LogP contribution is -2.36. The minimum atomic E-state index is 0.877. The molecule has 3 aromatic rings. The lowest BCUT2D eigenvalue weighted by molar-refractivity contribution is 0.0375. The van der Waals surface area contributed by atoms with E-state index in [0.29, 0.717) is 0 Å². The second-order valence-corrected chi connectivity index (χ2v) is 6.45. The van der Waals surface area contributed by atoms with Crippen molar-refractivity contribution in [3.8, 4) is 11.3 Å². The molecule has 4 rings (SSSR count). The first-order chi connectivity index (χ1) is 11.9. The van der Waals surface area contributed by atoms with E-state index in [0.717, 1.165) is 39.3 Å². The molecule has 0 radical (unpaired) electrons. The monoisotopic (exact) mass is 320 g/mol. The maximum atomic E-state index is 5.44. The third-order valence-electron chi connectivity index (χ3n) is 4.88. The number of para-hydroxylation sites is 1. The molecule has 2 aromatic carbocycles. The molecule has 1 aromatic heterocycles. The zero-order chi connectivity index (χ0) is 16.2. The highest BCUT2D eigenvalue weighted by Crippen LogP contribution is 2.31. The van der Waals surface area contributed by atoms with Crippen LogP contribution in [0.3, 0.4) is 0 Å². The van der Waals surface area contributed by atoms with Crippen molar-refractivity contribution in [1.29, 1.82) is 0 Å². The van der Waals surface area contributed by atoms with Crippen molar-refractivity contribution < 1.29 is 4.74 Å². The van der Waals surface area contributed by atoms with Crippen LogP contribution in [0.15, 0.2) is 54.6 Å². The standard InChI is InChI=1S/C21H24N2O/c1-2-7-17(8-3-1)21-19(18-9-4-5-11-20(18)22-21)10-6-12-23-13-15-24-16-14-23/h1-5,7-9,11,22H,6,10,12-16H2. The second kappa shape index (κ2) is 7.20. The Hall–Kier alpha value is -2.10. The first-order valence-corrected chi connectivity index (χ1v) is 8.87. The van der Waals surface area contributed by atoms with E-state index in [2.05, 4.69) is 64.5 Å². The molecule has 0 unspecified atom stereocenters. The summed E-state index contributed by atoms with van der Waals surface area (Å²) in [6.45, 7) is 5.04. The van der Waals surface area contributed by atoms with Gasteiger partial charge in [-0.05, 0) is 36.6 Å². The van der Waals surface area contributed by atoms with Crippen LogP contribution in [0.25, 0.3) is 22.2 Å². The van der Waals surface area contributed by atoms with Gasteiger partial charge in [0.2, 0.25) is 0 Å². The SMILES string of the molecule is c1ccc(-c2[nH]c3ccccc3c2CCCN2CCOCC2)cc1. The summed E-state index contributed by atoms with van der Waals surface area (Å²) >= 11 is 0. The molecule has 0 saturated carbocycles. The summed E-state index contributed by atoms with van der Waals surface area (Å²) in [5.41, 5.74) is 5.23. The lowest BCUT2D eigenvalue weighted by Gasteiger charge is -2.26. The van der Waals surface area contributed by atoms with Gasteiger partial charge in [-0.1, -0.05) is 48.5 Å². The van der Waals surface area contributed by atoms with Crippen molar-refractivity contribution in [2.24, 2.45) is 0 Å². The van der Waals surface area contributed by atoms with Crippen LogP contribution in [0.4, 0.5) is 0 Å². The number of hydrogen-bond donors (Lipinski definition) is 1. The van der Waals surface area contributed by atoms with E-state index in [-0.39, 0.29) is 0 Å². The number of ether oxygens (including phenoxy) is 1. The largest absolute Gasteiger partial charge is 0.379 e. The molecule has 1 saturated heterocycles. The fourth-order valence-electron chi connectivity index (χ4n) is 3.62. The van der Waals surface area contributed by atoms with Gasteiger partial charge in [-0.2, -0.15) is 0 Å². The van der Waals surface area contributed by atoms with E-state index in [4.69, 9.17) is 4.74 Å². The van der Waals surface area contributed by atoms with Crippen molar-refractivity contribution in [3.05, 3.63) is 60.2 Å². The molecule has 0 atom stereocenters. The van der Waals surface area contributed by atoms with Crippen LogP contribution in [0.5, 0.6) is 0 Å². The first-order valence-electron chi connectivity index (χ1n) is 8.87. The number of H-pyrrole nitrogens is 1. The first kappa shape index (κ1) is 15.4. The van der Waals surface area contributed by atoms with E-state index in [1.54, 1.807) is 0 Å².